The second-order valence-corrected chi connectivity index (χ2v) is 4.04. The number of benzene rings is 1. The maximum absolute atomic E-state index is 13.3. The van der Waals surface area contributed by atoms with Crippen molar-refractivity contribution >= 4 is 10.1 Å². The zero-order valence-electron chi connectivity index (χ0n) is 7.91. The van der Waals surface area contributed by atoms with Crippen molar-refractivity contribution in [2.45, 2.75) is 18.7 Å². The smallest absolute Gasteiger partial charge is 0.282 e. The first-order valence-corrected chi connectivity index (χ1v) is 4.86. The van der Waals surface area contributed by atoms with Crippen molar-refractivity contribution in [3.8, 4) is 0 Å². The third-order valence-corrected chi connectivity index (χ3v) is 2.61. The molecule has 0 aromatic heterocycles. The summed E-state index contributed by atoms with van der Waals surface area (Å²) in [4.78, 5) is -0.532. The zero-order chi connectivity index (χ0) is 10.9. The Morgan fingerprint density at radius 2 is 2.15 bits per heavy atom. The Kier molecular flexibility index (Phi) is 2.05. The Bertz CT molecular complexity index is 456. The van der Waals surface area contributed by atoms with Gasteiger partial charge >= 0.3 is 0 Å². The van der Waals surface area contributed by atoms with Gasteiger partial charge < -0.3 is 0 Å². The highest BCUT2D eigenvalue weighted by molar-refractivity contribution is 7.85. The highest BCUT2D eigenvalue weighted by atomic mass is 32.2. The molecule has 0 atom stereocenters. The molecule has 0 fully saturated rings. The molecule has 0 spiro atoms. The summed E-state index contributed by atoms with van der Waals surface area (Å²) in [7, 11) is -4.44. The van der Waals surface area contributed by atoms with Crippen molar-refractivity contribution in [3.63, 3.8) is 0 Å². The van der Waals surface area contributed by atoms with Crippen LogP contribution in [0, 0.1) is 19.6 Å². The van der Waals surface area contributed by atoms with Gasteiger partial charge in [-0.1, -0.05) is 6.07 Å². The van der Waals surface area contributed by atoms with Gasteiger partial charge in [-0.2, -0.15) is 8.42 Å². The van der Waals surface area contributed by atoms with Gasteiger partial charge in [0, 0.05) is 6.93 Å². The van der Waals surface area contributed by atoms with Crippen molar-refractivity contribution in [2.24, 2.45) is 0 Å². The standard InChI is InChI=1S/C8H9FO3S/c1-5-3-4-7(13(10,11)12)6(2)8(5)9/h3-4H,1-2H3,(H,10,11,12)/i2D. The molecule has 3 nitrogen and oxygen atoms in total. The maximum Gasteiger partial charge on any atom is 0.294 e. The van der Waals surface area contributed by atoms with Crippen molar-refractivity contribution < 1.29 is 18.7 Å². The van der Waals surface area contributed by atoms with Crippen LogP contribution < -0.4 is 0 Å². The molecule has 0 saturated heterocycles. The molecule has 1 aromatic carbocycles. The first-order valence-electron chi connectivity index (χ1n) is 4.13. The van der Waals surface area contributed by atoms with Crippen LogP contribution in [0.4, 0.5) is 4.39 Å². The highest BCUT2D eigenvalue weighted by Gasteiger charge is 2.16. The highest BCUT2D eigenvalue weighted by Crippen LogP contribution is 2.20. The maximum atomic E-state index is 13.3. The minimum atomic E-state index is -4.44. The molecule has 0 bridgehead atoms. The minimum Gasteiger partial charge on any atom is -0.282 e. The SMILES string of the molecule is [2H]Cc1c(S(=O)(=O)O)ccc(C)c1F. The summed E-state index contributed by atoms with van der Waals surface area (Å²) in [6.45, 7) is 0.935. The summed E-state index contributed by atoms with van der Waals surface area (Å²) in [6, 6.07) is 2.34. The van der Waals surface area contributed by atoms with Gasteiger partial charge in [-0.15, -0.1) is 0 Å². The molecular weight excluding hydrogens is 195 g/mol. The van der Waals surface area contributed by atoms with Crippen LogP contribution >= 0.6 is 0 Å². The van der Waals surface area contributed by atoms with Crippen LogP contribution in [0.25, 0.3) is 0 Å². The van der Waals surface area contributed by atoms with E-state index in [2.05, 4.69) is 0 Å². The molecule has 72 valence electrons. The second kappa shape index (κ2) is 3.08. The van der Waals surface area contributed by atoms with Crippen LogP contribution in [0.15, 0.2) is 17.0 Å². The Labute approximate surface area is 77.4 Å². The van der Waals surface area contributed by atoms with Crippen LogP contribution in [0.1, 0.15) is 12.5 Å². The van der Waals surface area contributed by atoms with Crippen molar-refractivity contribution in [2.75, 3.05) is 0 Å². The van der Waals surface area contributed by atoms with Gasteiger partial charge in [-0.3, -0.25) is 4.55 Å². The van der Waals surface area contributed by atoms with Gasteiger partial charge in [0.15, 0.2) is 0 Å². The molecule has 1 N–H and O–H groups in total. The second-order valence-electron chi connectivity index (χ2n) is 2.65. The predicted molar refractivity (Wildman–Crippen MR) is 45.7 cm³/mol. The lowest BCUT2D eigenvalue weighted by molar-refractivity contribution is 0.480. The summed E-state index contributed by atoms with van der Waals surface area (Å²) in [5.41, 5.74) is -0.0489. The number of halogens is 1. The Morgan fingerprint density at radius 3 is 2.62 bits per heavy atom. The van der Waals surface area contributed by atoms with E-state index >= 15 is 0 Å². The lowest BCUT2D eigenvalue weighted by Gasteiger charge is -2.05. The average molecular weight is 205 g/mol. The van der Waals surface area contributed by atoms with Crippen molar-refractivity contribution in [1.29, 1.82) is 0 Å². The van der Waals surface area contributed by atoms with E-state index in [1.807, 2.05) is 0 Å². The molecule has 0 amide bonds. The molecule has 1 rings (SSSR count). The molecule has 13 heavy (non-hydrogen) atoms. The molecule has 5 heteroatoms. The van der Waals surface area contributed by atoms with Crippen LogP contribution in [0.2, 0.25) is 0 Å². The van der Waals surface area contributed by atoms with E-state index in [1.165, 1.54) is 13.0 Å². The molecular formula is C8H9FO3S. The fourth-order valence-electron chi connectivity index (χ4n) is 0.962. The average Bonchev–Trinajstić information content (AvgIpc) is 2.07. The normalized spacial score (nSPS) is 12.7. The molecule has 0 aliphatic rings. The van der Waals surface area contributed by atoms with E-state index in [0.717, 1.165) is 6.07 Å². The fourth-order valence-corrected chi connectivity index (χ4v) is 1.60. The third kappa shape index (κ3) is 1.87. The third-order valence-electron chi connectivity index (χ3n) is 1.67. The summed E-state index contributed by atoms with van der Waals surface area (Å²) in [5, 5.41) is 0. The summed E-state index contributed by atoms with van der Waals surface area (Å²) in [6.07, 6.45) is 0. The topological polar surface area (TPSA) is 54.4 Å². The first-order chi connectivity index (χ1) is 6.38. The number of hydrogen-bond donors (Lipinski definition) is 1. The fraction of sp³-hybridized carbons (Fsp3) is 0.250. The van der Waals surface area contributed by atoms with Crippen LogP contribution in [-0.2, 0) is 10.1 Å². The minimum absolute atomic E-state index is 0.250. The summed E-state index contributed by atoms with van der Waals surface area (Å²) < 4.78 is 50.6. The van der Waals surface area contributed by atoms with E-state index in [1.54, 1.807) is 0 Å². The van der Waals surface area contributed by atoms with Gasteiger partial charge in [0.25, 0.3) is 10.1 Å². The monoisotopic (exact) mass is 205 g/mol. The summed E-state index contributed by atoms with van der Waals surface area (Å²) in [5.74, 6) is -0.755. The zero-order valence-corrected chi connectivity index (χ0v) is 7.73. The molecule has 0 heterocycles. The molecule has 0 saturated carbocycles. The van der Waals surface area contributed by atoms with E-state index in [0.29, 0.717) is 0 Å². The van der Waals surface area contributed by atoms with Crippen molar-refractivity contribution in [1.82, 2.24) is 0 Å². The van der Waals surface area contributed by atoms with Crippen LogP contribution in [0.3, 0.4) is 0 Å². The quantitative estimate of drug-likeness (QED) is 0.710. The lowest BCUT2D eigenvalue weighted by atomic mass is 10.1. The Morgan fingerprint density at radius 1 is 1.54 bits per heavy atom. The van der Waals surface area contributed by atoms with Gasteiger partial charge in [-0.05, 0) is 25.5 Å². The number of rotatable bonds is 1. The molecule has 0 aliphatic heterocycles. The van der Waals surface area contributed by atoms with E-state index < -0.39 is 27.7 Å². The first kappa shape index (κ1) is 8.65. The van der Waals surface area contributed by atoms with E-state index in [-0.39, 0.29) is 11.1 Å². The van der Waals surface area contributed by atoms with Crippen molar-refractivity contribution in [3.05, 3.63) is 29.1 Å². The van der Waals surface area contributed by atoms with E-state index in [4.69, 9.17) is 5.92 Å². The lowest BCUT2D eigenvalue weighted by Crippen LogP contribution is -2.03. The van der Waals surface area contributed by atoms with Crippen LogP contribution in [0.5, 0.6) is 0 Å². The summed E-state index contributed by atoms with van der Waals surface area (Å²) >= 11 is 0. The molecule has 0 radical (unpaired) electrons. The van der Waals surface area contributed by atoms with Gasteiger partial charge in [0.1, 0.15) is 5.82 Å². The van der Waals surface area contributed by atoms with Gasteiger partial charge in [-0.25, -0.2) is 4.39 Å². The van der Waals surface area contributed by atoms with Crippen LogP contribution in [-0.4, -0.2) is 13.0 Å². The predicted octanol–water partition coefficient (Wildman–Crippen LogP) is 1.69. The van der Waals surface area contributed by atoms with Gasteiger partial charge in [0.2, 0.25) is 0 Å². The molecule has 0 unspecified atom stereocenters. The number of aryl methyl sites for hydroxylation is 1. The number of hydrogen-bond acceptors (Lipinski definition) is 2. The van der Waals surface area contributed by atoms with E-state index in [9.17, 15) is 12.8 Å². The Balaban J connectivity index is 3.55. The molecule has 1 aromatic rings. The van der Waals surface area contributed by atoms with Gasteiger partial charge in [0.05, 0.1) is 4.90 Å². The Hall–Kier alpha value is -0.940. The largest absolute Gasteiger partial charge is 0.294 e. The molecule has 0 aliphatic carbocycles.